The molecule has 0 aliphatic carbocycles. The summed E-state index contributed by atoms with van der Waals surface area (Å²) in [6.45, 7) is 0. The summed E-state index contributed by atoms with van der Waals surface area (Å²) in [5.41, 5.74) is 0. The summed E-state index contributed by atoms with van der Waals surface area (Å²) in [4.78, 5) is 0. The van der Waals surface area contributed by atoms with E-state index >= 15 is 0 Å². The van der Waals surface area contributed by atoms with Crippen LogP contribution in [0.25, 0.3) is 0 Å². The predicted octanol–water partition coefficient (Wildman–Crippen LogP) is 3.17. The number of nitriles is 2. The number of halogens is 2. The highest BCUT2D eigenvalue weighted by atomic mass is 32.3. The lowest BCUT2D eigenvalue weighted by Gasteiger charge is -2.24. The number of rotatable bonds is 5. The summed E-state index contributed by atoms with van der Waals surface area (Å²) in [7, 11) is -3.64. The van der Waals surface area contributed by atoms with Crippen molar-refractivity contribution in [2.75, 3.05) is 6.26 Å². The summed E-state index contributed by atoms with van der Waals surface area (Å²) in [5, 5.41) is 15.7. The average Bonchev–Trinajstić information content (AvgIpc) is 2.01. The Hall–Kier alpha value is -0.810. The fraction of sp³-hybridized carbons (Fsp3) is 0.750. The SMILES string of the molecule is CS(F)(F)C(CC#N)CCCC#N. The van der Waals surface area contributed by atoms with Crippen LogP contribution in [0.2, 0.25) is 0 Å². The average molecular weight is 206 g/mol. The van der Waals surface area contributed by atoms with Crippen LogP contribution < -0.4 is 0 Å². The van der Waals surface area contributed by atoms with Crippen molar-refractivity contribution in [3.05, 3.63) is 0 Å². The molecule has 13 heavy (non-hydrogen) atoms. The first-order chi connectivity index (χ1) is 6.02. The van der Waals surface area contributed by atoms with E-state index in [-0.39, 0.29) is 19.3 Å². The highest BCUT2D eigenvalue weighted by molar-refractivity contribution is 8.25. The third-order valence-electron chi connectivity index (χ3n) is 1.72. The Kier molecular flexibility index (Phi) is 5.41. The van der Waals surface area contributed by atoms with Gasteiger partial charge >= 0.3 is 0 Å². The highest BCUT2D eigenvalue weighted by Gasteiger charge is 2.27. The van der Waals surface area contributed by atoms with E-state index in [2.05, 4.69) is 0 Å². The van der Waals surface area contributed by atoms with E-state index in [9.17, 15) is 7.77 Å². The Morgan fingerprint density at radius 2 is 1.92 bits per heavy atom. The number of unbranched alkanes of at least 4 members (excludes halogenated alkanes) is 1. The topological polar surface area (TPSA) is 47.6 Å². The van der Waals surface area contributed by atoms with E-state index in [1.165, 1.54) is 0 Å². The Morgan fingerprint density at radius 3 is 2.31 bits per heavy atom. The van der Waals surface area contributed by atoms with Crippen molar-refractivity contribution >= 4 is 10.8 Å². The molecule has 0 saturated heterocycles. The fourth-order valence-corrected chi connectivity index (χ4v) is 1.91. The number of hydrogen-bond donors (Lipinski definition) is 0. The lowest BCUT2D eigenvalue weighted by molar-refractivity contribution is 0.644. The van der Waals surface area contributed by atoms with Crippen molar-refractivity contribution in [1.82, 2.24) is 0 Å². The molecule has 0 spiro atoms. The van der Waals surface area contributed by atoms with Crippen molar-refractivity contribution < 1.29 is 7.77 Å². The minimum atomic E-state index is -3.64. The maximum absolute atomic E-state index is 12.9. The van der Waals surface area contributed by atoms with Crippen LogP contribution >= 0.6 is 10.8 Å². The van der Waals surface area contributed by atoms with E-state index in [1.54, 1.807) is 6.07 Å². The van der Waals surface area contributed by atoms with E-state index < -0.39 is 16.0 Å². The summed E-state index contributed by atoms with van der Waals surface area (Å²) in [6, 6.07) is 3.66. The molecule has 0 aliphatic heterocycles. The number of nitrogens with zero attached hydrogens (tertiary/aromatic N) is 2. The maximum atomic E-state index is 12.9. The molecule has 5 heteroatoms. The van der Waals surface area contributed by atoms with Crippen LogP contribution in [-0.4, -0.2) is 11.5 Å². The van der Waals surface area contributed by atoms with Gasteiger partial charge in [0.15, 0.2) is 0 Å². The maximum Gasteiger partial charge on any atom is 0.0634 e. The molecule has 0 rings (SSSR count). The molecule has 0 aliphatic rings. The molecule has 74 valence electrons. The molecule has 2 nitrogen and oxygen atoms in total. The summed E-state index contributed by atoms with van der Waals surface area (Å²) in [5.74, 6) is 0. The summed E-state index contributed by atoms with van der Waals surface area (Å²) in [6.07, 6.45) is 1.82. The molecule has 0 aromatic heterocycles. The van der Waals surface area contributed by atoms with Crippen LogP contribution in [-0.2, 0) is 0 Å². The first-order valence-corrected chi connectivity index (χ1v) is 5.83. The third kappa shape index (κ3) is 5.43. The van der Waals surface area contributed by atoms with Crippen LogP contribution in [0, 0.1) is 22.7 Å². The largest absolute Gasteiger partial charge is 0.198 e. The molecule has 0 N–H and O–H groups in total. The monoisotopic (exact) mass is 206 g/mol. The van der Waals surface area contributed by atoms with E-state index in [4.69, 9.17) is 10.5 Å². The zero-order chi connectivity index (χ0) is 10.3. The molecule has 1 unspecified atom stereocenters. The van der Waals surface area contributed by atoms with Crippen LogP contribution in [0.15, 0.2) is 0 Å². The Labute approximate surface area is 79.1 Å². The quantitative estimate of drug-likeness (QED) is 0.648. The molecule has 0 radical (unpaired) electrons. The van der Waals surface area contributed by atoms with Crippen LogP contribution in [0.1, 0.15) is 25.7 Å². The van der Waals surface area contributed by atoms with Gasteiger partial charge in [0.05, 0.1) is 34.6 Å². The zero-order valence-corrected chi connectivity index (χ0v) is 8.28. The molecule has 1 atom stereocenters. The lowest BCUT2D eigenvalue weighted by atomic mass is 10.1. The second kappa shape index (κ2) is 5.77. The van der Waals surface area contributed by atoms with Gasteiger partial charge in [-0.25, -0.2) is 0 Å². The molecule has 0 aromatic rings. The van der Waals surface area contributed by atoms with Crippen molar-refractivity contribution in [2.24, 2.45) is 0 Å². The van der Waals surface area contributed by atoms with Crippen molar-refractivity contribution in [2.45, 2.75) is 30.9 Å². The molecular formula is C8H12F2N2S. The Bertz CT molecular complexity index is 224. The third-order valence-corrected chi connectivity index (χ3v) is 3.29. The van der Waals surface area contributed by atoms with Crippen LogP contribution in [0.4, 0.5) is 7.77 Å². The summed E-state index contributed by atoms with van der Waals surface area (Å²) >= 11 is 0. The van der Waals surface area contributed by atoms with Crippen molar-refractivity contribution in [3.63, 3.8) is 0 Å². The highest BCUT2D eigenvalue weighted by Crippen LogP contribution is 2.55. The molecule has 0 aromatic carbocycles. The Balaban J connectivity index is 3.99. The molecule has 0 bridgehead atoms. The van der Waals surface area contributed by atoms with Gasteiger partial charge < -0.3 is 0 Å². The van der Waals surface area contributed by atoms with Gasteiger partial charge in [-0.2, -0.15) is 18.3 Å². The van der Waals surface area contributed by atoms with Gasteiger partial charge in [-0.3, -0.25) is 0 Å². The van der Waals surface area contributed by atoms with E-state index in [1.807, 2.05) is 6.07 Å². The molecular weight excluding hydrogens is 194 g/mol. The smallest absolute Gasteiger partial charge is 0.0634 e. The van der Waals surface area contributed by atoms with Gasteiger partial charge in [0.25, 0.3) is 0 Å². The molecule has 0 saturated carbocycles. The van der Waals surface area contributed by atoms with Crippen molar-refractivity contribution in [1.29, 1.82) is 10.5 Å². The first kappa shape index (κ1) is 12.2. The minimum Gasteiger partial charge on any atom is -0.198 e. The van der Waals surface area contributed by atoms with Gasteiger partial charge in [0, 0.05) is 12.7 Å². The van der Waals surface area contributed by atoms with E-state index in [0.29, 0.717) is 6.42 Å². The van der Waals surface area contributed by atoms with Gasteiger partial charge in [0.1, 0.15) is 0 Å². The molecule has 0 fully saturated rings. The zero-order valence-electron chi connectivity index (χ0n) is 7.46. The lowest BCUT2D eigenvalue weighted by Crippen LogP contribution is -2.10. The van der Waals surface area contributed by atoms with Gasteiger partial charge in [-0.05, 0) is 12.8 Å². The molecule has 0 heterocycles. The second-order valence-electron chi connectivity index (χ2n) is 2.82. The van der Waals surface area contributed by atoms with Crippen LogP contribution in [0.3, 0.4) is 0 Å². The standard InChI is InChI=1S/C8H12F2N2S/c1-13(9,10)8(5-7-12)4-2-3-6-11/h8H,2-5H2,1H3. The Morgan fingerprint density at radius 1 is 1.31 bits per heavy atom. The fourth-order valence-electron chi connectivity index (χ4n) is 0.966. The van der Waals surface area contributed by atoms with Gasteiger partial charge in [0.2, 0.25) is 0 Å². The van der Waals surface area contributed by atoms with Gasteiger partial charge in [-0.15, -0.1) is 0 Å². The predicted molar refractivity (Wildman–Crippen MR) is 49.2 cm³/mol. The van der Waals surface area contributed by atoms with Crippen LogP contribution in [0.5, 0.6) is 0 Å². The summed E-state index contributed by atoms with van der Waals surface area (Å²) < 4.78 is 25.7. The number of hydrogen-bond acceptors (Lipinski definition) is 2. The van der Waals surface area contributed by atoms with Crippen molar-refractivity contribution in [3.8, 4) is 12.1 Å². The first-order valence-electron chi connectivity index (χ1n) is 3.92. The molecule has 0 amide bonds. The van der Waals surface area contributed by atoms with Gasteiger partial charge in [-0.1, -0.05) is 0 Å². The minimum absolute atomic E-state index is 0.107. The second-order valence-corrected chi connectivity index (χ2v) is 5.04. The van der Waals surface area contributed by atoms with E-state index in [0.717, 1.165) is 6.26 Å². The normalized spacial score (nSPS) is 14.2.